The zero-order valence-electron chi connectivity index (χ0n) is 8.81. The van der Waals surface area contributed by atoms with Gasteiger partial charge >= 0.3 is 0 Å². The van der Waals surface area contributed by atoms with Crippen molar-refractivity contribution in [3.63, 3.8) is 0 Å². The van der Waals surface area contributed by atoms with Gasteiger partial charge in [-0.25, -0.2) is 0 Å². The molecule has 1 nitrogen and oxygen atoms in total. The smallest absolute Gasteiger partial charge is 0.00746 e. The molecule has 0 saturated carbocycles. The van der Waals surface area contributed by atoms with Crippen LogP contribution in [-0.4, -0.2) is 6.54 Å². The van der Waals surface area contributed by atoms with Gasteiger partial charge in [-0.1, -0.05) is 52.4 Å². The van der Waals surface area contributed by atoms with E-state index >= 15 is 0 Å². The number of hydrogen-bond donors (Lipinski definition) is 1. The first-order chi connectivity index (χ1) is 5.85. The maximum Gasteiger partial charge on any atom is -0.00746 e. The molecule has 12 heavy (non-hydrogen) atoms. The second kappa shape index (κ2) is 9.05. The van der Waals surface area contributed by atoms with Crippen molar-refractivity contribution in [1.82, 2.24) is 0 Å². The van der Waals surface area contributed by atoms with Crippen molar-refractivity contribution < 1.29 is 0 Å². The fourth-order valence-corrected chi connectivity index (χ4v) is 1.65. The lowest BCUT2D eigenvalue weighted by atomic mass is 9.95. The molecule has 0 aromatic carbocycles. The Bertz CT molecular complexity index is 81.1. The summed E-state index contributed by atoms with van der Waals surface area (Å²) in [6, 6.07) is 0. The summed E-state index contributed by atoms with van der Waals surface area (Å²) in [5, 5.41) is 0. The molecule has 1 heteroatoms. The average Bonchev–Trinajstić information content (AvgIpc) is 2.10. The van der Waals surface area contributed by atoms with E-state index in [0.717, 1.165) is 12.5 Å². The summed E-state index contributed by atoms with van der Waals surface area (Å²) in [6.45, 7) is 5.41. The molecular formula is C11H25N. The van der Waals surface area contributed by atoms with Gasteiger partial charge in [0.25, 0.3) is 0 Å². The number of nitrogens with two attached hydrogens (primary N) is 1. The van der Waals surface area contributed by atoms with Crippen LogP contribution >= 0.6 is 0 Å². The van der Waals surface area contributed by atoms with E-state index in [-0.39, 0.29) is 0 Å². The average molecular weight is 171 g/mol. The Morgan fingerprint density at radius 2 is 1.75 bits per heavy atom. The molecule has 74 valence electrons. The first kappa shape index (κ1) is 12.0. The van der Waals surface area contributed by atoms with Gasteiger partial charge in [0.05, 0.1) is 0 Å². The molecule has 0 aromatic heterocycles. The van der Waals surface area contributed by atoms with Gasteiger partial charge in [-0.3, -0.25) is 0 Å². The topological polar surface area (TPSA) is 26.0 Å². The van der Waals surface area contributed by atoms with Crippen LogP contribution in [0.5, 0.6) is 0 Å². The lowest BCUT2D eigenvalue weighted by molar-refractivity contribution is 0.419. The summed E-state index contributed by atoms with van der Waals surface area (Å²) in [4.78, 5) is 0. The minimum absolute atomic E-state index is 0.867. The lowest BCUT2D eigenvalue weighted by Gasteiger charge is -2.12. The monoisotopic (exact) mass is 171 g/mol. The maximum atomic E-state index is 5.54. The largest absolute Gasteiger partial charge is 0.330 e. The molecule has 0 bridgehead atoms. The Kier molecular flexibility index (Phi) is 9.02. The predicted molar refractivity (Wildman–Crippen MR) is 56.2 cm³/mol. The van der Waals surface area contributed by atoms with Crippen molar-refractivity contribution in [3.8, 4) is 0 Å². The Labute approximate surface area is 77.7 Å². The molecule has 0 aliphatic heterocycles. The fraction of sp³-hybridized carbons (Fsp3) is 1.00. The van der Waals surface area contributed by atoms with Gasteiger partial charge in [-0.15, -0.1) is 0 Å². The zero-order valence-corrected chi connectivity index (χ0v) is 8.81. The van der Waals surface area contributed by atoms with Crippen molar-refractivity contribution in [3.05, 3.63) is 0 Å². The molecule has 0 aliphatic rings. The number of unbranched alkanes of at least 4 members (excludes halogenated alkanes) is 3. The van der Waals surface area contributed by atoms with Crippen molar-refractivity contribution >= 4 is 0 Å². The Morgan fingerprint density at radius 1 is 1.00 bits per heavy atom. The van der Waals surface area contributed by atoms with E-state index in [2.05, 4.69) is 13.8 Å². The number of rotatable bonds is 8. The Hall–Kier alpha value is -0.0400. The van der Waals surface area contributed by atoms with Crippen LogP contribution in [0.1, 0.15) is 58.8 Å². The summed E-state index contributed by atoms with van der Waals surface area (Å²) in [7, 11) is 0. The van der Waals surface area contributed by atoms with Gasteiger partial charge in [0.2, 0.25) is 0 Å². The minimum atomic E-state index is 0.867. The van der Waals surface area contributed by atoms with Crippen LogP contribution in [0.2, 0.25) is 0 Å². The van der Waals surface area contributed by atoms with Gasteiger partial charge in [0.1, 0.15) is 0 Å². The normalized spacial score (nSPS) is 13.2. The molecule has 1 atom stereocenters. The molecule has 0 saturated heterocycles. The van der Waals surface area contributed by atoms with Crippen LogP contribution in [-0.2, 0) is 0 Å². The SMILES string of the molecule is CCCCCC[C@@H](CC)CCN. The third kappa shape index (κ3) is 6.66. The van der Waals surface area contributed by atoms with E-state index in [9.17, 15) is 0 Å². The zero-order chi connectivity index (χ0) is 9.23. The third-order valence-electron chi connectivity index (χ3n) is 2.62. The molecule has 0 fully saturated rings. The molecule has 0 spiro atoms. The van der Waals surface area contributed by atoms with E-state index in [0.29, 0.717) is 0 Å². The Morgan fingerprint density at radius 3 is 2.25 bits per heavy atom. The second-order valence-electron chi connectivity index (χ2n) is 3.70. The van der Waals surface area contributed by atoms with Crippen LogP contribution < -0.4 is 5.73 Å². The molecule has 0 aromatic rings. The summed E-state index contributed by atoms with van der Waals surface area (Å²) < 4.78 is 0. The van der Waals surface area contributed by atoms with E-state index in [1.54, 1.807) is 0 Å². The first-order valence-corrected chi connectivity index (χ1v) is 5.55. The highest BCUT2D eigenvalue weighted by atomic mass is 14.5. The van der Waals surface area contributed by atoms with E-state index in [4.69, 9.17) is 5.73 Å². The summed E-state index contributed by atoms with van der Waals surface area (Å²) in [6.07, 6.45) is 9.50. The molecule has 2 N–H and O–H groups in total. The maximum absolute atomic E-state index is 5.54. The summed E-state index contributed by atoms with van der Waals surface area (Å²) >= 11 is 0. The van der Waals surface area contributed by atoms with Gasteiger partial charge in [-0.05, 0) is 18.9 Å². The van der Waals surface area contributed by atoms with Crippen molar-refractivity contribution in [2.45, 2.75) is 58.8 Å². The van der Waals surface area contributed by atoms with Gasteiger partial charge in [0.15, 0.2) is 0 Å². The highest BCUT2D eigenvalue weighted by Crippen LogP contribution is 2.16. The van der Waals surface area contributed by atoms with Crippen LogP contribution in [0.25, 0.3) is 0 Å². The quantitative estimate of drug-likeness (QED) is 0.557. The second-order valence-corrected chi connectivity index (χ2v) is 3.70. The molecule has 0 unspecified atom stereocenters. The minimum Gasteiger partial charge on any atom is -0.330 e. The van der Waals surface area contributed by atoms with Crippen molar-refractivity contribution in [2.24, 2.45) is 11.7 Å². The number of hydrogen-bond acceptors (Lipinski definition) is 1. The summed E-state index contributed by atoms with van der Waals surface area (Å²) in [5.41, 5.74) is 5.54. The molecule has 0 amide bonds. The molecule has 0 aliphatic carbocycles. The van der Waals surface area contributed by atoms with E-state index in [1.165, 1.54) is 44.9 Å². The molecule has 0 heterocycles. The predicted octanol–water partition coefficient (Wildman–Crippen LogP) is 3.33. The van der Waals surface area contributed by atoms with Crippen LogP contribution in [0.4, 0.5) is 0 Å². The van der Waals surface area contributed by atoms with Crippen LogP contribution in [0.3, 0.4) is 0 Å². The Balaban J connectivity index is 3.19. The van der Waals surface area contributed by atoms with E-state index < -0.39 is 0 Å². The molecule has 0 radical (unpaired) electrons. The van der Waals surface area contributed by atoms with Crippen LogP contribution in [0, 0.1) is 5.92 Å². The van der Waals surface area contributed by atoms with Gasteiger partial charge < -0.3 is 5.73 Å². The van der Waals surface area contributed by atoms with Gasteiger partial charge in [-0.2, -0.15) is 0 Å². The molecular weight excluding hydrogens is 146 g/mol. The standard InChI is InChI=1S/C11H25N/c1-3-5-6-7-8-11(4-2)9-10-12/h11H,3-10,12H2,1-2H3/t11-/m1/s1. The third-order valence-corrected chi connectivity index (χ3v) is 2.62. The first-order valence-electron chi connectivity index (χ1n) is 5.55. The lowest BCUT2D eigenvalue weighted by Crippen LogP contribution is -2.07. The van der Waals surface area contributed by atoms with Crippen molar-refractivity contribution in [1.29, 1.82) is 0 Å². The van der Waals surface area contributed by atoms with Crippen molar-refractivity contribution in [2.75, 3.05) is 6.54 Å². The molecule has 0 rings (SSSR count). The highest BCUT2D eigenvalue weighted by Gasteiger charge is 2.03. The van der Waals surface area contributed by atoms with Crippen LogP contribution in [0.15, 0.2) is 0 Å². The highest BCUT2D eigenvalue weighted by molar-refractivity contribution is 4.58. The van der Waals surface area contributed by atoms with Gasteiger partial charge in [0, 0.05) is 0 Å². The summed E-state index contributed by atoms with van der Waals surface area (Å²) in [5.74, 6) is 0.895. The van der Waals surface area contributed by atoms with E-state index in [1.807, 2.05) is 0 Å². The fourth-order valence-electron chi connectivity index (χ4n) is 1.65.